The van der Waals surface area contributed by atoms with Crippen molar-refractivity contribution < 1.29 is 4.79 Å². The summed E-state index contributed by atoms with van der Waals surface area (Å²) in [6.07, 6.45) is 0. The van der Waals surface area contributed by atoms with Crippen molar-refractivity contribution in [2.24, 2.45) is 16.3 Å². The Labute approximate surface area is 77.1 Å². The van der Waals surface area contributed by atoms with Crippen LogP contribution in [0.2, 0.25) is 0 Å². The maximum Gasteiger partial charge on any atom is 0.332 e. The van der Waals surface area contributed by atoms with Crippen molar-refractivity contribution in [3.63, 3.8) is 0 Å². The first-order valence-corrected chi connectivity index (χ1v) is 4.10. The minimum atomic E-state index is -0.667. The molecule has 70 valence electrons. The molecule has 0 saturated carbocycles. The zero-order valence-corrected chi connectivity index (χ0v) is 8.27. The molecule has 0 atom stereocenters. The Hall–Kier alpha value is -0.770. The number of carbonyl (C=O) groups excluding carboxylic acids is 1. The molecule has 0 rings (SSSR count). The molecule has 0 bridgehead atoms. The molecule has 0 unspecified atom stereocenters. The minimum absolute atomic E-state index is 0.218. The van der Waals surface area contributed by atoms with Gasteiger partial charge in [-0.05, 0) is 6.92 Å². The number of hydrogen-bond donors (Lipinski definition) is 2. The maximum atomic E-state index is 10.3. The Morgan fingerprint density at radius 3 is 2.50 bits per heavy atom. The maximum absolute atomic E-state index is 10.3. The first-order chi connectivity index (χ1) is 5.40. The Morgan fingerprint density at radius 2 is 2.17 bits per heavy atom. The van der Waals surface area contributed by atoms with Crippen LogP contribution in [0.1, 0.15) is 20.8 Å². The van der Waals surface area contributed by atoms with Gasteiger partial charge in [-0.3, -0.25) is 0 Å². The molecule has 4 nitrogen and oxygen atoms in total. The first kappa shape index (κ1) is 11.2. The molecule has 0 fully saturated rings. The van der Waals surface area contributed by atoms with Crippen LogP contribution in [0.4, 0.5) is 4.79 Å². The van der Waals surface area contributed by atoms with Crippen LogP contribution in [0, 0.1) is 5.41 Å². The van der Waals surface area contributed by atoms with Crippen LogP contribution < -0.4 is 11.2 Å². The van der Waals surface area contributed by atoms with E-state index < -0.39 is 6.03 Å². The van der Waals surface area contributed by atoms with Gasteiger partial charge in [-0.2, -0.15) is 5.10 Å². The lowest BCUT2D eigenvalue weighted by atomic mass is 9.91. The van der Waals surface area contributed by atoms with Crippen molar-refractivity contribution in [1.29, 1.82) is 0 Å². The second kappa shape index (κ2) is 4.30. The molecule has 0 aliphatic rings. The predicted molar refractivity (Wildman–Crippen MR) is 50.3 cm³/mol. The van der Waals surface area contributed by atoms with E-state index in [4.69, 9.17) is 17.3 Å². The standard InChI is InChI=1S/C7H14ClN3O/c1-5(7(2,3)4-8)10-11-6(9)12/h4H2,1-3H3,(H3,9,11,12)/b10-5+. The number of primary amides is 1. The van der Waals surface area contributed by atoms with Crippen LogP contribution in [0.3, 0.4) is 0 Å². The van der Waals surface area contributed by atoms with E-state index in [1.165, 1.54) is 0 Å². The highest BCUT2D eigenvalue weighted by atomic mass is 35.5. The molecular formula is C7H14ClN3O. The average molecular weight is 192 g/mol. The number of halogens is 1. The largest absolute Gasteiger partial charge is 0.350 e. The number of nitrogens with zero attached hydrogens (tertiary/aromatic N) is 1. The number of rotatable bonds is 3. The highest BCUT2D eigenvalue weighted by molar-refractivity contribution is 6.20. The number of hydrazone groups is 1. The SMILES string of the molecule is C/C(=N\NC(N)=O)C(C)(C)CCl. The Morgan fingerprint density at radius 1 is 1.67 bits per heavy atom. The molecule has 0 aliphatic carbocycles. The molecule has 0 spiro atoms. The molecule has 0 heterocycles. The van der Waals surface area contributed by atoms with Crippen LogP contribution in [-0.4, -0.2) is 17.6 Å². The van der Waals surface area contributed by atoms with E-state index in [0.717, 1.165) is 5.71 Å². The second-order valence-electron chi connectivity index (χ2n) is 3.19. The van der Waals surface area contributed by atoms with Gasteiger partial charge < -0.3 is 5.73 Å². The second-order valence-corrected chi connectivity index (χ2v) is 3.46. The van der Waals surface area contributed by atoms with E-state index >= 15 is 0 Å². The van der Waals surface area contributed by atoms with Crippen molar-refractivity contribution in [3.05, 3.63) is 0 Å². The van der Waals surface area contributed by atoms with Gasteiger partial charge in [-0.25, -0.2) is 10.2 Å². The summed E-state index contributed by atoms with van der Waals surface area (Å²) in [6, 6.07) is -0.667. The Bertz CT molecular complexity index is 201. The fraction of sp³-hybridized carbons (Fsp3) is 0.714. The molecule has 12 heavy (non-hydrogen) atoms. The lowest BCUT2D eigenvalue weighted by Crippen LogP contribution is -2.30. The zero-order chi connectivity index (χ0) is 9.78. The highest BCUT2D eigenvalue weighted by Crippen LogP contribution is 2.18. The van der Waals surface area contributed by atoms with Crippen molar-refractivity contribution in [1.82, 2.24) is 5.43 Å². The lowest BCUT2D eigenvalue weighted by Gasteiger charge is -2.20. The first-order valence-electron chi connectivity index (χ1n) is 3.56. The van der Waals surface area contributed by atoms with Gasteiger partial charge >= 0.3 is 6.03 Å². The summed E-state index contributed by atoms with van der Waals surface area (Å²) in [5.41, 5.74) is 7.52. The molecule has 0 aromatic heterocycles. The van der Waals surface area contributed by atoms with Crippen molar-refractivity contribution in [2.75, 3.05) is 5.88 Å². The number of nitrogens with two attached hydrogens (primary N) is 1. The summed E-state index contributed by atoms with van der Waals surface area (Å²) in [4.78, 5) is 10.3. The van der Waals surface area contributed by atoms with E-state index in [1.54, 1.807) is 6.92 Å². The van der Waals surface area contributed by atoms with Gasteiger partial charge in [-0.1, -0.05) is 13.8 Å². The van der Waals surface area contributed by atoms with E-state index in [0.29, 0.717) is 5.88 Å². The molecular weight excluding hydrogens is 178 g/mol. The summed E-state index contributed by atoms with van der Waals surface area (Å²) in [7, 11) is 0. The third-order valence-corrected chi connectivity index (χ3v) is 2.32. The number of hydrogen-bond acceptors (Lipinski definition) is 2. The molecule has 0 aromatic rings. The van der Waals surface area contributed by atoms with E-state index in [9.17, 15) is 4.79 Å². The van der Waals surface area contributed by atoms with Gasteiger partial charge in [0.15, 0.2) is 0 Å². The molecule has 3 N–H and O–H groups in total. The van der Waals surface area contributed by atoms with Crippen LogP contribution in [0.15, 0.2) is 5.10 Å². The summed E-state index contributed by atoms with van der Waals surface area (Å²) in [6.45, 7) is 5.65. The van der Waals surface area contributed by atoms with Crippen molar-refractivity contribution in [2.45, 2.75) is 20.8 Å². The van der Waals surface area contributed by atoms with Crippen molar-refractivity contribution in [3.8, 4) is 0 Å². The predicted octanol–water partition coefficient (Wildman–Crippen LogP) is 1.30. The van der Waals surface area contributed by atoms with Gasteiger partial charge in [0.1, 0.15) is 0 Å². The van der Waals surface area contributed by atoms with Gasteiger partial charge in [0, 0.05) is 17.0 Å². The van der Waals surface area contributed by atoms with Crippen LogP contribution >= 0.6 is 11.6 Å². The minimum Gasteiger partial charge on any atom is -0.350 e. The number of amides is 2. The summed E-state index contributed by atoms with van der Waals surface area (Å²) in [5.74, 6) is 0.447. The van der Waals surface area contributed by atoms with Crippen LogP contribution in [-0.2, 0) is 0 Å². The Balaban J connectivity index is 4.26. The average Bonchev–Trinajstić information content (AvgIpc) is 2.00. The quantitative estimate of drug-likeness (QED) is 0.394. The molecule has 5 heteroatoms. The van der Waals surface area contributed by atoms with Gasteiger partial charge in [0.2, 0.25) is 0 Å². The molecule has 0 radical (unpaired) electrons. The summed E-state index contributed by atoms with van der Waals surface area (Å²) >= 11 is 5.68. The molecule has 0 saturated heterocycles. The highest BCUT2D eigenvalue weighted by Gasteiger charge is 2.20. The zero-order valence-electron chi connectivity index (χ0n) is 7.52. The van der Waals surface area contributed by atoms with Gasteiger partial charge in [-0.15, -0.1) is 11.6 Å². The lowest BCUT2D eigenvalue weighted by molar-refractivity contribution is 0.249. The number of nitrogens with one attached hydrogen (secondary N) is 1. The third-order valence-electron chi connectivity index (χ3n) is 1.65. The number of alkyl halides is 1. The molecule has 0 aliphatic heterocycles. The van der Waals surface area contributed by atoms with E-state index in [-0.39, 0.29) is 5.41 Å². The topological polar surface area (TPSA) is 67.5 Å². The smallest absolute Gasteiger partial charge is 0.332 e. The number of carbonyl (C=O) groups is 1. The normalized spacial score (nSPS) is 12.8. The molecule has 2 amide bonds. The van der Waals surface area contributed by atoms with Crippen LogP contribution in [0.25, 0.3) is 0 Å². The third kappa shape index (κ3) is 3.57. The van der Waals surface area contributed by atoms with Gasteiger partial charge in [0.05, 0.1) is 0 Å². The summed E-state index contributed by atoms with van der Waals surface area (Å²) in [5, 5.41) is 3.77. The van der Waals surface area contributed by atoms with Crippen molar-refractivity contribution >= 4 is 23.3 Å². The summed E-state index contributed by atoms with van der Waals surface area (Å²) < 4.78 is 0. The number of urea groups is 1. The monoisotopic (exact) mass is 191 g/mol. The fourth-order valence-corrected chi connectivity index (χ4v) is 0.580. The Kier molecular flexibility index (Phi) is 4.03. The molecule has 0 aromatic carbocycles. The fourth-order valence-electron chi connectivity index (χ4n) is 0.387. The van der Waals surface area contributed by atoms with E-state index in [1.807, 2.05) is 13.8 Å². The van der Waals surface area contributed by atoms with Gasteiger partial charge in [0.25, 0.3) is 0 Å². The van der Waals surface area contributed by atoms with Crippen LogP contribution in [0.5, 0.6) is 0 Å². The van der Waals surface area contributed by atoms with E-state index in [2.05, 4.69) is 10.5 Å².